The van der Waals surface area contributed by atoms with E-state index in [0.717, 1.165) is 13.2 Å². The van der Waals surface area contributed by atoms with Gasteiger partial charge in [-0.3, -0.25) is 4.90 Å². The maximum absolute atomic E-state index is 7.18. The first-order valence-corrected chi connectivity index (χ1v) is 5.31. The fraction of sp³-hybridized carbons (Fsp3) is 0.700. The Kier molecular flexibility index (Phi) is 8.50. The van der Waals surface area contributed by atoms with Crippen molar-refractivity contribution in [3.63, 3.8) is 0 Å². The molecule has 0 aromatic carbocycles. The van der Waals surface area contributed by atoms with E-state index in [-0.39, 0.29) is 0 Å². The van der Waals surface area contributed by atoms with Gasteiger partial charge < -0.3 is 4.90 Å². The number of nitrogens with zero attached hydrogens (tertiary/aromatic N) is 3. The van der Waals surface area contributed by atoms with Crippen LogP contribution in [0.1, 0.15) is 19.8 Å². The van der Waals surface area contributed by atoms with Crippen LogP contribution in [0, 0.1) is 10.7 Å². The maximum Gasteiger partial charge on any atom is 0.130 e. The van der Waals surface area contributed by atoms with E-state index in [1.807, 2.05) is 0 Å². The molecule has 0 amide bonds. The van der Waals surface area contributed by atoms with E-state index in [1.54, 1.807) is 0 Å². The lowest BCUT2D eigenvalue weighted by atomic mass is 10.3. The quantitative estimate of drug-likeness (QED) is 0.574. The molecule has 0 saturated heterocycles. The maximum atomic E-state index is 7.18. The molecule has 4 heteroatoms. The zero-order valence-corrected chi connectivity index (χ0v) is 9.87. The fourth-order valence-electron chi connectivity index (χ4n) is 1.30. The number of hydrogen-bond donors (Lipinski definition) is 1. The van der Waals surface area contributed by atoms with E-state index in [0.29, 0.717) is 0 Å². The Bertz CT molecular complexity index is 198. The highest BCUT2D eigenvalue weighted by Gasteiger charge is 2.05. The molecule has 0 aromatic heterocycles. The molecule has 80 valence electrons. The highest BCUT2D eigenvalue weighted by atomic mass is 32.1. The van der Waals surface area contributed by atoms with Crippen molar-refractivity contribution in [3.8, 4) is 5.40 Å². The van der Waals surface area contributed by atoms with Crippen LogP contribution in [0.4, 0.5) is 0 Å². The summed E-state index contributed by atoms with van der Waals surface area (Å²) in [6, 6.07) is 0. The number of thiocyanates is 1. The van der Waals surface area contributed by atoms with Crippen LogP contribution >= 0.6 is 12.6 Å². The van der Waals surface area contributed by atoms with E-state index in [4.69, 9.17) is 5.26 Å². The number of likely N-dealkylation sites (N-methyl/N-ethyl adjacent to an activating group) is 1. The monoisotopic (exact) mass is 213 g/mol. The standard InChI is InChI=1S/C9H18N2.CHNS/c1-3-4-7-11-8-5-6-10(2)9-11;2-1-3/h5,8H,3-4,6-7,9H2,1-2H3;3H. The van der Waals surface area contributed by atoms with Gasteiger partial charge in [0.2, 0.25) is 0 Å². The fourth-order valence-corrected chi connectivity index (χ4v) is 1.30. The van der Waals surface area contributed by atoms with Crippen LogP contribution < -0.4 is 0 Å². The highest BCUT2D eigenvalue weighted by molar-refractivity contribution is 7.85. The summed E-state index contributed by atoms with van der Waals surface area (Å²) in [5.41, 5.74) is 0. The Balaban J connectivity index is 0.000000500. The molecular formula is C10H19N3S. The zero-order valence-electron chi connectivity index (χ0n) is 8.98. The lowest BCUT2D eigenvalue weighted by Crippen LogP contribution is -2.36. The zero-order chi connectivity index (χ0) is 10.8. The van der Waals surface area contributed by atoms with Crippen molar-refractivity contribution in [2.24, 2.45) is 0 Å². The van der Waals surface area contributed by atoms with Crippen LogP contribution in [0.25, 0.3) is 0 Å². The number of thiol groups is 1. The minimum absolute atomic E-state index is 1.09. The molecule has 0 fully saturated rings. The average Bonchev–Trinajstić information content (AvgIpc) is 2.16. The van der Waals surface area contributed by atoms with Gasteiger partial charge in [-0.25, -0.2) is 0 Å². The summed E-state index contributed by atoms with van der Waals surface area (Å²) in [6.07, 6.45) is 7.03. The first-order chi connectivity index (χ1) is 6.74. The predicted molar refractivity (Wildman–Crippen MR) is 62.9 cm³/mol. The number of hydrogen-bond acceptors (Lipinski definition) is 4. The lowest BCUT2D eigenvalue weighted by molar-refractivity contribution is 0.198. The number of nitriles is 1. The Morgan fingerprint density at radius 3 is 2.71 bits per heavy atom. The highest BCUT2D eigenvalue weighted by Crippen LogP contribution is 2.02. The molecule has 0 N–H and O–H groups in total. The Hall–Kier alpha value is -0.660. The molecule has 0 unspecified atom stereocenters. The number of rotatable bonds is 3. The van der Waals surface area contributed by atoms with Gasteiger partial charge in [-0.1, -0.05) is 32.0 Å². The summed E-state index contributed by atoms with van der Waals surface area (Å²) in [7, 11) is 2.16. The van der Waals surface area contributed by atoms with Crippen LogP contribution in [0.2, 0.25) is 0 Å². The van der Waals surface area contributed by atoms with Crippen molar-refractivity contribution in [2.75, 3.05) is 26.8 Å². The third kappa shape index (κ3) is 6.81. The van der Waals surface area contributed by atoms with Crippen molar-refractivity contribution < 1.29 is 0 Å². The van der Waals surface area contributed by atoms with E-state index < -0.39 is 0 Å². The van der Waals surface area contributed by atoms with Crippen LogP contribution in [-0.4, -0.2) is 36.6 Å². The van der Waals surface area contributed by atoms with E-state index in [1.165, 1.54) is 24.8 Å². The molecule has 0 radical (unpaired) electrons. The van der Waals surface area contributed by atoms with Crippen LogP contribution in [0.5, 0.6) is 0 Å². The second-order valence-corrected chi connectivity index (χ2v) is 3.53. The van der Waals surface area contributed by atoms with Crippen LogP contribution in [0.15, 0.2) is 12.3 Å². The first kappa shape index (κ1) is 13.3. The SMILES string of the molecule is CCCCN1C=CCN(C)C1.N#CS. The summed E-state index contributed by atoms with van der Waals surface area (Å²) in [6.45, 7) is 5.63. The summed E-state index contributed by atoms with van der Waals surface area (Å²) in [4.78, 5) is 4.68. The molecule has 0 spiro atoms. The minimum Gasteiger partial charge on any atom is -0.365 e. The van der Waals surface area contributed by atoms with Gasteiger partial charge in [0, 0.05) is 13.1 Å². The van der Waals surface area contributed by atoms with Gasteiger partial charge in [0.25, 0.3) is 0 Å². The van der Waals surface area contributed by atoms with Crippen molar-refractivity contribution in [3.05, 3.63) is 12.3 Å². The summed E-state index contributed by atoms with van der Waals surface area (Å²) >= 11 is 3.09. The molecule has 0 aliphatic carbocycles. The van der Waals surface area contributed by atoms with Gasteiger partial charge in [0.1, 0.15) is 5.40 Å². The third-order valence-electron chi connectivity index (χ3n) is 1.96. The molecule has 0 saturated carbocycles. The Labute approximate surface area is 92.4 Å². The van der Waals surface area contributed by atoms with Gasteiger partial charge in [-0.15, -0.1) is 0 Å². The van der Waals surface area contributed by atoms with Crippen LogP contribution in [0.3, 0.4) is 0 Å². The lowest BCUT2D eigenvalue weighted by Gasteiger charge is -2.29. The summed E-state index contributed by atoms with van der Waals surface area (Å²) in [5, 5.41) is 8.63. The predicted octanol–water partition coefficient (Wildman–Crippen LogP) is 1.90. The van der Waals surface area contributed by atoms with E-state index in [9.17, 15) is 0 Å². The van der Waals surface area contributed by atoms with Gasteiger partial charge in [-0.2, -0.15) is 5.26 Å². The molecule has 0 bridgehead atoms. The molecule has 3 nitrogen and oxygen atoms in total. The van der Waals surface area contributed by atoms with E-state index >= 15 is 0 Å². The molecule has 0 aromatic rings. The Morgan fingerprint density at radius 1 is 1.57 bits per heavy atom. The van der Waals surface area contributed by atoms with Crippen molar-refractivity contribution in [1.29, 1.82) is 5.26 Å². The molecule has 14 heavy (non-hydrogen) atoms. The van der Waals surface area contributed by atoms with Gasteiger partial charge >= 0.3 is 0 Å². The van der Waals surface area contributed by atoms with Crippen molar-refractivity contribution >= 4 is 12.6 Å². The normalized spacial score (nSPS) is 15.7. The average molecular weight is 213 g/mol. The van der Waals surface area contributed by atoms with Crippen LogP contribution in [-0.2, 0) is 0 Å². The molecule has 1 aliphatic heterocycles. The van der Waals surface area contributed by atoms with Gasteiger partial charge in [0.15, 0.2) is 0 Å². The smallest absolute Gasteiger partial charge is 0.130 e. The summed E-state index contributed by atoms with van der Waals surface area (Å²) < 4.78 is 0. The van der Waals surface area contributed by atoms with Gasteiger partial charge in [0.05, 0.1) is 6.67 Å². The molecule has 0 atom stereocenters. The second-order valence-electron chi connectivity index (χ2n) is 3.33. The second kappa shape index (κ2) is 8.92. The molecule has 1 heterocycles. The topological polar surface area (TPSA) is 30.3 Å². The molecule has 1 aliphatic rings. The summed E-state index contributed by atoms with van der Waals surface area (Å²) in [5.74, 6) is 0. The van der Waals surface area contributed by atoms with Gasteiger partial charge in [-0.05, 0) is 19.7 Å². The van der Waals surface area contributed by atoms with E-state index in [2.05, 4.69) is 48.7 Å². The largest absolute Gasteiger partial charge is 0.365 e. The first-order valence-electron chi connectivity index (χ1n) is 4.87. The third-order valence-corrected chi connectivity index (χ3v) is 1.96. The Morgan fingerprint density at radius 2 is 2.21 bits per heavy atom. The number of unbranched alkanes of at least 4 members (excludes halogenated alkanes) is 1. The molecule has 1 rings (SSSR count). The van der Waals surface area contributed by atoms with Crippen molar-refractivity contribution in [1.82, 2.24) is 9.80 Å². The minimum atomic E-state index is 1.09. The molecular weight excluding hydrogens is 194 g/mol. The van der Waals surface area contributed by atoms with Crippen molar-refractivity contribution in [2.45, 2.75) is 19.8 Å².